The van der Waals surface area contributed by atoms with Crippen molar-refractivity contribution in [3.05, 3.63) is 71.6 Å². The zero-order valence-electron chi connectivity index (χ0n) is 13.4. The van der Waals surface area contributed by atoms with E-state index in [1.807, 2.05) is 19.1 Å². The Bertz CT molecular complexity index is 902. The van der Waals surface area contributed by atoms with Crippen LogP contribution in [0.15, 0.2) is 60.9 Å². The summed E-state index contributed by atoms with van der Waals surface area (Å²) in [5.41, 5.74) is 2.15. The number of aromatic nitrogens is 2. The Balaban J connectivity index is 1.66. The molecule has 0 spiro atoms. The van der Waals surface area contributed by atoms with Gasteiger partial charge in [0.1, 0.15) is 17.9 Å². The molecule has 0 atom stereocenters. The van der Waals surface area contributed by atoms with Crippen LogP contribution in [0, 0.1) is 6.92 Å². The number of nitrogens with one attached hydrogen (secondary N) is 2. The Morgan fingerprint density at radius 2 is 1.84 bits per heavy atom. The Morgan fingerprint density at radius 3 is 2.64 bits per heavy atom. The normalized spacial score (nSPS) is 10.2. The minimum atomic E-state index is -0.600. The number of carbonyl (C=O) groups is 1. The van der Waals surface area contributed by atoms with Crippen molar-refractivity contribution < 1.29 is 9.53 Å². The first-order valence-electron chi connectivity index (χ1n) is 7.49. The summed E-state index contributed by atoms with van der Waals surface area (Å²) in [4.78, 5) is 20.2. The number of nitrogens with zero attached hydrogens (tertiary/aromatic N) is 2. The van der Waals surface area contributed by atoms with Gasteiger partial charge in [0, 0.05) is 34.2 Å². The summed E-state index contributed by atoms with van der Waals surface area (Å²) in [5.74, 6) is 1.06. The average molecular weight is 355 g/mol. The van der Waals surface area contributed by atoms with Gasteiger partial charge in [-0.15, -0.1) is 0 Å². The standard InChI is InChI=1S/C18H15ClN4O2/c1-12-8-17(21-11-20-12)22-15-6-3-7-16(10-15)25-18(24)23-14-5-2-4-13(19)9-14/h2-11H,1H3,(H,23,24)(H,20,21,22). The number of hydrogen-bond donors (Lipinski definition) is 2. The highest BCUT2D eigenvalue weighted by molar-refractivity contribution is 6.30. The number of carbonyl (C=O) groups excluding carboxylic acids is 1. The third-order valence-electron chi connectivity index (χ3n) is 3.19. The third-order valence-corrected chi connectivity index (χ3v) is 3.43. The van der Waals surface area contributed by atoms with Crippen LogP contribution < -0.4 is 15.4 Å². The summed E-state index contributed by atoms with van der Waals surface area (Å²) in [6, 6.07) is 15.7. The van der Waals surface area contributed by atoms with E-state index in [0.29, 0.717) is 22.3 Å². The lowest BCUT2D eigenvalue weighted by atomic mass is 10.3. The second kappa shape index (κ2) is 7.63. The zero-order chi connectivity index (χ0) is 17.6. The summed E-state index contributed by atoms with van der Waals surface area (Å²) in [6.07, 6.45) is 0.883. The number of ether oxygens (including phenoxy) is 1. The molecule has 0 aliphatic rings. The fraction of sp³-hybridized carbons (Fsp3) is 0.0556. The van der Waals surface area contributed by atoms with Crippen LogP contribution in [0.25, 0.3) is 0 Å². The van der Waals surface area contributed by atoms with Crippen molar-refractivity contribution in [1.82, 2.24) is 9.97 Å². The molecule has 0 unspecified atom stereocenters. The average Bonchev–Trinajstić information content (AvgIpc) is 2.55. The van der Waals surface area contributed by atoms with Crippen molar-refractivity contribution in [2.75, 3.05) is 10.6 Å². The molecule has 0 saturated heterocycles. The maximum atomic E-state index is 12.0. The monoisotopic (exact) mass is 354 g/mol. The smallest absolute Gasteiger partial charge is 0.410 e. The number of amides is 1. The fourth-order valence-corrected chi connectivity index (χ4v) is 2.32. The van der Waals surface area contributed by atoms with Crippen molar-refractivity contribution in [3.63, 3.8) is 0 Å². The molecular formula is C18H15ClN4O2. The van der Waals surface area contributed by atoms with Gasteiger partial charge in [0.2, 0.25) is 0 Å². The molecule has 0 bridgehead atoms. The van der Waals surface area contributed by atoms with Crippen LogP contribution >= 0.6 is 11.6 Å². The summed E-state index contributed by atoms with van der Waals surface area (Å²) < 4.78 is 5.29. The maximum Gasteiger partial charge on any atom is 0.417 e. The molecule has 7 heteroatoms. The molecule has 2 aromatic carbocycles. The van der Waals surface area contributed by atoms with Crippen molar-refractivity contribution in [3.8, 4) is 5.75 Å². The number of benzene rings is 2. The van der Waals surface area contributed by atoms with E-state index in [1.165, 1.54) is 6.33 Å². The van der Waals surface area contributed by atoms with E-state index in [2.05, 4.69) is 20.6 Å². The molecule has 1 aromatic heterocycles. The van der Waals surface area contributed by atoms with E-state index >= 15 is 0 Å². The van der Waals surface area contributed by atoms with Crippen molar-refractivity contribution in [2.24, 2.45) is 0 Å². The number of halogens is 1. The second-order valence-electron chi connectivity index (χ2n) is 5.22. The highest BCUT2D eigenvalue weighted by atomic mass is 35.5. The topological polar surface area (TPSA) is 76.1 Å². The molecule has 0 aliphatic heterocycles. The molecule has 126 valence electrons. The second-order valence-corrected chi connectivity index (χ2v) is 5.66. The minimum Gasteiger partial charge on any atom is -0.410 e. The molecule has 3 rings (SSSR count). The van der Waals surface area contributed by atoms with Crippen molar-refractivity contribution >= 4 is 34.9 Å². The lowest BCUT2D eigenvalue weighted by Crippen LogP contribution is -2.16. The Morgan fingerprint density at radius 1 is 1.04 bits per heavy atom. The fourth-order valence-electron chi connectivity index (χ4n) is 2.12. The van der Waals surface area contributed by atoms with Gasteiger partial charge in [0.25, 0.3) is 0 Å². The molecule has 1 amide bonds. The molecule has 2 N–H and O–H groups in total. The van der Waals surface area contributed by atoms with E-state index in [1.54, 1.807) is 42.5 Å². The highest BCUT2D eigenvalue weighted by Gasteiger charge is 2.07. The van der Waals surface area contributed by atoms with Gasteiger partial charge in [0.15, 0.2) is 0 Å². The Kier molecular flexibility index (Phi) is 5.11. The Hall–Kier alpha value is -3.12. The number of rotatable bonds is 4. The number of aryl methyl sites for hydroxylation is 1. The van der Waals surface area contributed by atoms with Gasteiger partial charge in [-0.3, -0.25) is 5.32 Å². The van der Waals surface area contributed by atoms with Gasteiger partial charge in [-0.25, -0.2) is 14.8 Å². The van der Waals surface area contributed by atoms with Gasteiger partial charge in [-0.05, 0) is 37.3 Å². The first-order valence-corrected chi connectivity index (χ1v) is 7.86. The van der Waals surface area contributed by atoms with Crippen molar-refractivity contribution in [2.45, 2.75) is 6.92 Å². The SMILES string of the molecule is Cc1cc(Nc2cccc(OC(=O)Nc3cccc(Cl)c3)c2)ncn1. The minimum absolute atomic E-state index is 0.398. The molecule has 0 fully saturated rings. The molecular weight excluding hydrogens is 340 g/mol. The van der Waals surface area contributed by atoms with Crippen LogP contribution in [0.4, 0.5) is 22.0 Å². The van der Waals surface area contributed by atoms with Crippen LogP contribution in [-0.2, 0) is 0 Å². The summed E-state index contributed by atoms with van der Waals surface area (Å²) in [7, 11) is 0. The molecule has 6 nitrogen and oxygen atoms in total. The maximum absolute atomic E-state index is 12.0. The van der Waals surface area contributed by atoms with Gasteiger partial charge in [-0.2, -0.15) is 0 Å². The number of hydrogen-bond acceptors (Lipinski definition) is 5. The van der Waals surface area contributed by atoms with Crippen LogP contribution in [0.1, 0.15) is 5.69 Å². The van der Waals surface area contributed by atoms with Gasteiger partial charge < -0.3 is 10.1 Å². The van der Waals surface area contributed by atoms with Crippen LogP contribution in [0.3, 0.4) is 0 Å². The van der Waals surface area contributed by atoms with E-state index in [-0.39, 0.29) is 0 Å². The predicted octanol–water partition coefficient (Wildman–Crippen LogP) is 4.79. The zero-order valence-corrected chi connectivity index (χ0v) is 14.1. The molecule has 25 heavy (non-hydrogen) atoms. The van der Waals surface area contributed by atoms with E-state index < -0.39 is 6.09 Å². The van der Waals surface area contributed by atoms with Crippen LogP contribution in [0.5, 0.6) is 5.75 Å². The van der Waals surface area contributed by atoms with Gasteiger partial charge in [-0.1, -0.05) is 23.7 Å². The van der Waals surface area contributed by atoms with Gasteiger partial charge in [0.05, 0.1) is 0 Å². The Labute approximate surface area is 149 Å². The highest BCUT2D eigenvalue weighted by Crippen LogP contribution is 2.21. The van der Waals surface area contributed by atoms with E-state index in [4.69, 9.17) is 16.3 Å². The lowest BCUT2D eigenvalue weighted by molar-refractivity contribution is 0.215. The van der Waals surface area contributed by atoms with Gasteiger partial charge >= 0.3 is 6.09 Å². The molecule has 0 saturated carbocycles. The first kappa shape index (κ1) is 16.7. The number of anilines is 3. The van der Waals surface area contributed by atoms with E-state index in [0.717, 1.165) is 11.4 Å². The summed E-state index contributed by atoms with van der Waals surface area (Å²) >= 11 is 5.89. The summed E-state index contributed by atoms with van der Waals surface area (Å²) in [5, 5.41) is 6.29. The summed E-state index contributed by atoms with van der Waals surface area (Å²) in [6.45, 7) is 1.88. The lowest BCUT2D eigenvalue weighted by Gasteiger charge is -2.09. The predicted molar refractivity (Wildman–Crippen MR) is 97.6 cm³/mol. The molecule has 3 aromatic rings. The van der Waals surface area contributed by atoms with Crippen LogP contribution in [-0.4, -0.2) is 16.1 Å². The molecule has 0 aliphatic carbocycles. The largest absolute Gasteiger partial charge is 0.417 e. The quantitative estimate of drug-likeness (QED) is 0.704. The van der Waals surface area contributed by atoms with E-state index in [9.17, 15) is 4.79 Å². The van der Waals surface area contributed by atoms with Crippen molar-refractivity contribution in [1.29, 1.82) is 0 Å². The molecule has 0 radical (unpaired) electrons. The molecule has 1 heterocycles. The first-order chi connectivity index (χ1) is 12.1. The third kappa shape index (κ3) is 4.92. The van der Waals surface area contributed by atoms with Crippen LogP contribution in [0.2, 0.25) is 5.02 Å².